The Hall–Kier alpha value is -1.59. The van der Waals surface area contributed by atoms with Crippen molar-refractivity contribution < 1.29 is 15.0 Å². The third kappa shape index (κ3) is 4.42. The average Bonchev–Trinajstić information content (AvgIpc) is 2.31. The fourth-order valence-electron chi connectivity index (χ4n) is 1.37. The molecular weight excluding hydrogens is 220 g/mol. The third-order valence-corrected chi connectivity index (χ3v) is 2.39. The van der Waals surface area contributed by atoms with Gasteiger partial charge in [-0.1, -0.05) is 12.1 Å². The van der Waals surface area contributed by atoms with Crippen LogP contribution >= 0.6 is 0 Å². The van der Waals surface area contributed by atoms with Crippen LogP contribution in [-0.4, -0.2) is 34.8 Å². The van der Waals surface area contributed by atoms with Gasteiger partial charge in [0.1, 0.15) is 5.75 Å². The first-order valence-corrected chi connectivity index (χ1v) is 5.47. The van der Waals surface area contributed by atoms with Crippen molar-refractivity contribution in [3.05, 3.63) is 29.8 Å². The van der Waals surface area contributed by atoms with Crippen molar-refractivity contribution >= 4 is 5.91 Å². The van der Waals surface area contributed by atoms with E-state index in [1.165, 1.54) is 0 Å². The summed E-state index contributed by atoms with van der Waals surface area (Å²) < 4.78 is 0. The highest BCUT2D eigenvalue weighted by Crippen LogP contribution is 2.10. The van der Waals surface area contributed by atoms with Crippen molar-refractivity contribution in [1.29, 1.82) is 0 Å². The highest BCUT2D eigenvalue weighted by atomic mass is 16.3. The zero-order valence-corrected chi connectivity index (χ0v) is 9.76. The summed E-state index contributed by atoms with van der Waals surface area (Å²) in [4.78, 5) is 11.6. The predicted octanol–water partition coefficient (Wildman–Crippen LogP) is -0.241. The van der Waals surface area contributed by atoms with Crippen molar-refractivity contribution in [2.24, 2.45) is 5.73 Å². The predicted molar refractivity (Wildman–Crippen MR) is 64.5 cm³/mol. The number of carbonyl (C=O) groups is 1. The van der Waals surface area contributed by atoms with Gasteiger partial charge in [0.15, 0.2) is 0 Å². The molecule has 5 nitrogen and oxygen atoms in total. The number of nitrogens with two attached hydrogens (primary N) is 1. The Labute approximate surface area is 100 Å². The standard InChI is InChI=1S/C12H18N2O3/c1-8(7-15)14-12(17)11(13)6-9-2-4-10(16)5-3-9/h2-5,8,11,15-16H,6-7,13H2,1H3,(H,14,17)/t8?,11-/m1/s1. The van der Waals surface area contributed by atoms with Gasteiger partial charge in [-0.3, -0.25) is 4.79 Å². The lowest BCUT2D eigenvalue weighted by Gasteiger charge is -2.15. The monoisotopic (exact) mass is 238 g/mol. The summed E-state index contributed by atoms with van der Waals surface area (Å²) in [6.07, 6.45) is 0.393. The van der Waals surface area contributed by atoms with E-state index in [0.29, 0.717) is 6.42 Å². The second-order valence-electron chi connectivity index (χ2n) is 4.07. The van der Waals surface area contributed by atoms with Gasteiger partial charge in [0.25, 0.3) is 0 Å². The number of rotatable bonds is 5. The maximum atomic E-state index is 11.6. The Kier molecular flexibility index (Phi) is 4.93. The van der Waals surface area contributed by atoms with Gasteiger partial charge in [0, 0.05) is 6.04 Å². The van der Waals surface area contributed by atoms with Crippen LogP contribution in [0.25, 0.3) is 0 Å². The minimum absolute atomic E-state index is 0.113. The lowest BCUT2D eigenvalue weighted by Crippen LogP contribution is -2.46. The van der Waals surface area contributed by atoms with Gasteiger partial charge in [-0.2, -0.15) is 0 Å². The number of benzene rings is 1. The quantitative estimate of drug-likeness (QED) is 0.569. The van der Waals surface area contributed by atoms with Gasteiger partial charge in [0.05, 0.1) is 12.6 Å². The van der Waals surface area contributed by atoms with Gasteiger partial charge >= 0.3 is 0 Å². The number of hydrogen-bond acceptors (Lipinski definition) is 4. The fourth-order valence-corrected chi connectivity index (χ4v) is 1.37. The summed E-state index contributed by atoms with van der Waals surface area (Å²) in [6.45, 7) is 1.59. The molecule has 0 aliphatic rings. The maximum absolute atomic E-state index is 11.6. The SMILES string of the molecule is CC(CO)NC(=O)[C@H](N)Cc1ccc(O)cc1. The van der Waals surface area contributed by atoms with Crippen molar-refractivity contribution in [2.45, 2.75) is 25.4 Å². The van der Waals surface area contributed by atoms with Gasteiger partial charge in [-0.25, -0.2) is 0 Å². The molecule has 0 radical (unpaired) electrons. The molecule has 0 saturated carbocycles. The van der Waals surface area contributed by atoms with Crippen LogP contribution in [0.3, 0.4) is 0 Å². The van der Waals surface area contributed by atoms with E-state index in [1.807, 2.05) is 0 Å². The highest BCUT2D eigenvalue weighted by molar-refractivity contribution is 5.82. The van der Waals surface area contributed by atoms with Crippen molar-refractivity contribution in [3.63, 3.8) is 0 Å². The molecule has 0 fully saturated rings. The zero-order chi connectivity index (χ0) is 12.8. The molecule has 0 bridgehead atoms. The Bertz CT molecular complexity index is 365. The van der Waals surface area contributed by atoms with E-state index in [1.54, 1.807) is 31.2 Å². The summed E-state index contributed by atoms with van der Waals surface area (Å²) in [6, 6.07) is 5.59. The molecule has 5 heteroatoms. The minimum Gasteiger partial charge on any atom is -0.508 e. The highest BCUT2D eigenvalue weighted by Gasteiger charge is 2.15. The lowest BCUT2D eigenvalue weighted by molar-refractivity contribution is -0.123. The van der Waals surface area contributed by atoms with E-state index in [-0.39, 0.29) is 24.3 Å². The molecule has 0 heterocycles. The summed E-state index contributed by atoms with van der Waals surface area (Å²) in [7, 11) is 0. The van der Waals surface area contributed by atoms with Crippen LogP contribution < -0.4 is 11.1 Å². The molecule has 94 valence electrons. The summed E-state index contributed by atoms with van der Waals surface area (Å²) in [5.41, 5.74) is 6.61. The van der Waals surface area contributed by atoms with Crippen LogP contribution in [0, 0.1) is 0 Å². The third-order valence-electron chi connectivity index (χ3n) is 2.39. The van der Waals surface area contributed by atoms with Gasteiger partial charge in [0.2, 0.25) is 5.91 Å². The molecule has 1 aromatic rings. The maximum Gasteiger partial charge on any atom is 0.237 e. The van der Waals surface area contributed by atoms with Gasteiger partial charge in [-0.15, -0.1) is 0 Å². The van der Waals surface area contributed by atoms with E-state index < -0.39 is 6.04 Å². The van der Waals surface area contributed by atoms with Gasteiger partial charge in [-0.05, 0) is 31.0 Å². The molecule has 0 saturated heterocycles. The van der Waals surface area contributed by atoms with Crippen molar-refractivity contribution in [2.75, 3.05) is 6.61 Å². The Morgan fingerprint density at radius 1 is 1.41 bits per heavy atom. The number of hydrogen-bond donors (Lipinski definition) is 4. The number of carbonyl (C=O) groups excluding carboxylic acids is 1. The number of aliphatic hydroxyl groups excluding tert-OH is 1. The number of amides is 1. The molecule has 0 spiro atoms. The topological polar surface area (TPSA) is 95.6 Å². The molecule has 1 amide bonds. The van der Waals surface area contributed by atoms with E-state index >= 15 is 0 Å². The molecule has 0 aliphatic heterocycles. The van der Waals surface area contributed by atoms with E-state index in [9.17, 15) is 4.79 Å². The molecular formula is C12H18N2O3. The number of phenolic OH excluding ortho intramolecular Hbond substituents is 1. The van der Waals surface area contributed by atoms with Crippen LogP contribution in [0.1, 0.15) is 12.5 Å². The Morgan fingerprint density at radius 3 is 2.53 bits per heavy atom. The largest absolute Gasteiger partial charge is 0.508 e. The number of aromatic hydroxyl groups is 1. The molecule has 1 unspecified atom stereocenters. The molecule has 0 aromatic heterocycles. The first-order chi connectivity index (χ1) is 8.02. The summed E-state index contributed by atoms with van der Waals surface area (Å²) in [5, 5.41) is 20.5. The first-order valence-electron chi connectivity index (χ1n) is 5.47. The van der Waals surface area contributed by atoms with Crippen molar-refractivity contribution in [3.8, 4) is 5.75 Å². The van der Waals surface area contributed by atoms with E-state index in [0.717, 1.165) is 5.56 Å². The zero-order valence-electron chi connectivity index (χ0n) is 9.76. The molecule has 5 N–H and O–H groups in total. The Morgan fingerprint density at radius 2 is 2.00 bits per heavy atom. The van der Waals surface area contributed by atoms with Gasteiger partial charge < -0.3 is 21.3 Å². The summed E-state index contributed by atoms with van der Waals surface area (Å²) in [5.74, 6) is -0.111. The molecule has 17 heavy (non-hydrogen) atoms. The first kappa shape index (κ1) is 13.5. The Balaban J connectivity index is 2.51. The molecule has 1 rings (SSSR count). The average molecular weight is 238 g/mol. The van der Waals surface area contributed by atoms with Crippen LogP contribution in [-0.2, 0) is 11.2 Å². The number of nitrogens with one attached hydrogen (secondary N) is 1. The lowest BCUT2D eigenvalue weighted by atomic mass is 10.1. The van der Waals surface area contributed by atoms with E-state index in [2.05, 4.69) is 5.32 Å². The second-order valence-corrected chi connectivity index (χ2v) is 4.07. The van der Waals surface area contributed by atoms with E-state index in [4.69, 9.17) is 15.9 Å². The minimum atomic E-state index is -0.659. The molecule has 0 aliphatic carbocycles. The van der Waals surface area contributed by atoms with Crippen LogP contribution in [0.4, 0.5) is 0 Å². The van der Waals surface area contributed by atoms with Crippen LogP contribution in [0.15, 0.2) is 24.3 Å². The second kappa shape index (κ2) is 6.22. The van der Waals surface area contributed by atoms with Crippen LogP contribution in [0.5, 0.6) is 5.75 Å². The molecule has 1 aromatic carbocycles. The molecule has 2 atom stereocenters. The normalized spacial score (nSPS) is 14.1. The number of phenols is 1. The summed E-state index contributed by atoms with van der Waals surface area (Å²) >= 11 is 0. The van der Waals surface area contributed by atoms with Crippen molar-refractivity contribution in [1.82, 2.24) is 5.32 Å². The fraction of sp³-hybridized carbons (Fsp3) is 0.417. The van der Waals surface area contributed by atoms with Crippen LogP contribution in [0.2, 0.25) is 0 Å². The smallest absolute Gasteiger partial charge is 0.237 e. The number of aliphatic hydroxyl groups is 1.